The minimum atomic E-state index is -0.369. The molecule has 0 aromatic heterocycles. The molecule has 2 aliphatic rings. The van der Waals surface area contributed by atoms with Gasteiger partial charge in [0.25, 0.3) is 0 Å². The van der Waals surface area contributed by atoms with E-state index in [-0.39, 0.29) is 17.9 Å². The van der Waals surface area contributed by atoms with Gasteiger partial charge in [-0.1, -0.05) is 18.2 Å². The Bertz CT molecular complexity index is 585. The minimum absolute atomic E-state index is 0.107. The van der Waals surface area contributed by atoms with Crippen LogP contribution in [0.5, 0.6) is 0 Å². The van der Waals surface area contributed by atoms with Gasteiger partial charge in [0.15, 0.2) is 0 Å². The highest BCUT2D eigenvalue weighted by molar-refractivity contribution is 6.35. The van der Waals surface area contributed by atoms with Gasteiger partial charge in [-0.2, -0.15) is 0 Å². The molecule has 2 heterocycles. The van der Waals surface area contributed by atoms with E-state index in [1.165, 1.54) is 11.1 Å². The number of benzene rings is 1. The lowest BCUT2D eigenvalue weighted by atomic mass is 10.0. The van der Waals surface area contributed by atoms with Crippen molar-refractivity contribution in [2.75, 3.05) is 26.2 Å². The molecule has 112 valence electrons. The van der Waals surface area contributed by atoms with E-state index in [0.717, 1.165) is 18.7 Å². The molecular formula is C16H21N3O2. The summed E-state index contributed by atoms with van der Waals surface area (Å²) in [5, 5.41) is 3.29. The third-order valence-electron chi connectivity index (χ3n) is 4.46. The van der Waals surface area contributed by atoms with Crippen LogP contribution in [0, 0.1) is 13.8 Å². The number of hydrogen-bond donors (Lipinski definition) is 1. The standard InChI is InChI=1S/C16H21N3O2/c1-11-3-4-13(7-12(11)2)9-18-10-14-8-17-5-6-19(14)16(21)15(18)20/h3-4,7,14,17H,5-6,8-10H2,1-2H3. The summed E-state index contributed by atoms with van der Waals surface area (Å²) in [7, 11) is 0. The fourth-order valence-electron chi connectivity index (χ4n) is 3.05. The summed E-state index contributed by atoms with van der Waals surface area (Å²) in [5.41, 5.74) is 3.53. The van der Waals surface area contributed by atoms with Crippen molar-refractivity contribution >= 4 is 11.8 Å². The highest BCUT2D eigenvalue weighted by atomic mass is 16.2. The Hall–Kier alpha value is -1.88. The van der Waals surface area contributed by atoms with Crippen molar-refractivity contribution in [1.29, 1.82) is 0 Å². The molecule has 1 aromatic carbocycles. The SMILES string of the molecule is Cc1ccc(CN2CC3CNCCN3C(=O)C2=O)cc1C. The monoisotopic (exact) mass is 287 g/mol. The second-order valence-corrected chi connectivity index (χ2v) is 5.96. The topological polar surface area (TPSA) is 52.6 Å². The van der Waals surface area contributed by atoms with E-state index in [4.69, 9.17) is 0 Å². The Balaban J connectivity index is 1.77. The molecule has 0 bridgehead atoms. The average molecular weight is 287 g/mol. The second-order valence-electron chi connectivity index (χ2n) is 5.96. The van der Waals surface area contributed by atoms with Crippen LogP contribution in [0.25, 0.3) is 0 Å². The van der Waals surface area contributed by atoms with Crippen molar-refractivity contribution in [3.8, 4) is 0 Å². The van der Waals surface area contributed by atoms with Crippen LogP contribution in [0.1, 0.15) is 16.7 Å². The Kier molecular flexibility index (Phi) is 3.68. The first kappa shape index (κ1) is 14.1. The van der Waals surface area contributed by atoms with Crippen molar-refractivity contribution in [3.63, 3.8) is 0 Å². The average Bonchev–Trinajstić information content (AvgIpc) is 2.48. The summed E-state index contributed by atoms with van der Waals surface area (Å²) in [6.07, 6.45) is 0. The molecule has 5 heteroatoms. The van der Waals surface area contributed by atoms with E-state index in [1.807, 2.05) is 6.07 Å². The first-order chi connectivity index (χ1) is 10.1. The van der Waals surface area contributed by atoms with Gasteiger partial charge in [0, 0.05) is 32.7 Å². The summed E-state index contributed by atoms with van der Waals surface area (Å²) in [4.78, 5) is 27.8. The van der Waals surface area contributed by atoms with Gasteiger partial charge < -0.3 is 15.1 Å². The summed E-state index contributed by atoms with van der Waals surface area (Å²) >= 11 is 0. The number of hydrogen-bond acceptors (Lipinski definition) is 3. The zero-order valence-corrected chi connectivity index (χ0v) is 12.6. The van der Waals surface area contributed by atoms with Crippen LogP contribution >= 0.6 is 0 Å². The zero-order valence-electron chi connectivity index (χ0n) is 12.6. The number of amides is 2. The summed E-state index contributed by atoms with van der Waals surface area (Å²) in [6.45, 7) is 7.43. The van der Waals surface area contributed by atoms with Crippen LogP contribution in [0.2, 0.25) is 0 Å². The number of carbonyl (C=O) groups excluding carboxylic acids is 2. The Morgan fingerprint density at radius 2 is 2.00 bits per heavy atom. The fraction of sp³-hybridized carbons (Fsp3) is 0.500. The lowest BCUT2D eigenvalue weighted by molar-refractivity contribution is -0.160. The molecule has 1 atom stereocenters. The minimum Gasteiger partial charge on any atom is -0.328 e. The number of carbonyl (C=O) groups is 2. The van der Waals surface area contributed by atoms with Crippen LogP contribution in [0.3, 0.4) is 0 Å². The molecule has 2 aliphatic heterocycles. The number of aryl methyl sites for hydroxylation is 2. The van der Waals surface area contributed by atoms with Crippen molar-refractivity contribution in [3.05, 3.63) is 34.9 Å². The summed E-state index contributed by atoms with van der Waals surface area (Å²) in [6, 6.07) is 6.30. The molecule has 21 heavy (non-hydrogen) atoms. The predicted molar refractivity (Wildman–Crippen MR) is 79.7 cm³/mol. The van der Waals surface area contributed by atoms with Gasteiger partial charge in [-0.3, -0.25) is 9.59 Å². The number of piperazine rings is 2. The zero-order chi connectivity index (χ0) is 15.0. The van der Waals surface area contributed by atoms with Gasteiger partial charge >= 0.3 is 11.8 Å². The molecule has 0 radical (unpaired) electrons. The van der Waals surface area contributed by atoms with E-state index in [1.54, 1.807) is 9.80 Å². The molecule has 3 rings (SSSR count). The van der Waals surface area contributed by atoms with Gasteiger partial charge in [0.1, 0.15) is 0 Å². The quantitative estimate of drug-likeness (QED) is 0.803. The number of rotatable bonds is 2. The molecule has 1 aromatic rings. The van der Waals surface area contributed by atoms with Crippen LogP contribution < -0.4 is 5.32 Å². The third-order valence-corrected chi connectivity index (χ3v) is 4.46. The largest absolute Gasteiger partial charge is 0.328 e. The van der Waals surface area contributed by atoms with Gasteiger partial charge in [-0.05, 0) is 30.5 Å². The van der Waals surface area contributed by atoms with Crippen molar-refractivity contribution in [1.82, 2.24) is 15.1 Å². The lowest BCUT2D eigenvalue weighted by Gasteiger charge is -2.43. The molecule has 5 nitrogen and oxygen atoms in total. The maximum Gasteiger partial charge on any atom is 0.312 e. The third kappa shape index (κ3) is 2.65. The maximum atomic E-state index is 12.3. The van der Waals surface area contributed by atoms with Gasteiger partial charge in [-0.15, -0.1) is 0 Å². The van der Waals surface area contributed by atoms with E-state index in [2.05, 4.69) is 31.3 Å². The molecule has 2 amide bonds. The Labute approximate surface area is 124 Å². The van der Waals surface area contributed by atoms with E-state index in [0.29, 0.717) is 19.6 Å². The van der Waals surface area contributed by atoms with E-state index < -0.39 is 0 Å². The Morgan fingerprint density at radius 3 is 2.76 bits per heavy atom. The maximum absolute atomic E-state index is 12.3. The first-order valence-corrected chi connectivity index (χ1v) is 7.43. The number of fused-ring (bicyclic) bond motifs is 1. The number of nitrogens with one attached hydrogen (secondary N) is 1. The van der Waals surface area contributed by atoms with Crippen molar-refractivity contribution < 1.29 is 9.59 Å². The molecule has 1 unspecified atom stereocenters. The smallest absolute Gasteiger partial charge is 0.312 e. The lowest BCUT2D eigenvalue weighted by Crippen LogP contribution is -2.65. The molecule has 0 saturated carbocycles. The summed E-state index contributed by atoms with van der Waals surface area (Å²) in [5.74, 6) is -0.719. The van der Waals surface area contributed by atoms with Gasteiger partial charge in [-0.25, -0.2) is 0 Å². The van der Waals surface area contributed by atoms with Gasteiger partial charge in [0.2, 0.25) is 0 Å². The molecule has 0 spiro atoms. The van der Waals surface area contributed by atoms with Crippen molar-refractivity contribution in [2.45, 2.75) is 26.4 Å². The van der Waals surface area contributed by atoms with E-state index in [9.17, 15) is 9.59 Å². The molecule has 1 N–H and O–H groups in total. The highest BCUT2D eigenvalue weighted by Gasteiger charge is 2.39. The number of nitrogens with zero attached hydrogens (tertiary/aromatic N) is 2. The normalized spacial score (nSPS) is 22.5. The van der Waals surface area contributed by atoms with Crippen LogP contribution in [0.15, 0.2) is 18.2 Å². The van der Waals surface area contributed by atoms with Gasteiger partial charge in [0.05, 0.1) is 6.04 Å². The molecule has 2 saturated heterocycles. The van der Waals surface area contributed by atoms with E-state index >= 15 is 0 Å². The van der Waals surface area contributed by atoms with Crippen molar-refractivity contribution in [2.24, 2.45) is 0 Å². The highest BCUT2D eigenvalue weighted by Crippen LogP contribution is 2.18. The van der Waals surface area contributed by atoms with Crippen LogP contribution in [0.4, 0.5) is 0 Å². The molecular weight excluding hydrogens is 266 g/mol. The predicted octanol–water partition coefficient (Wildman–Crippen LogP) is 0.446. The van der Waals surface area contributed by atoms with Crippen LogP contribution in [-0.2, 0) is 16.1 Å². The Morgan fingerprint density at radius 1 is 1.19 bits per heavy atom. The summed E-state index contributed by atoms with van der Waals surface area (Å²) < 4.78 is 0. The second kappa shape index (κ2) is 5.48. The molecule has 2 fully saturated rings. The molecule has 0 aliphatic carbocycles. The van der Waals surface area contributed by atoms with Crippen LogP contribution in [-0.4, -0.2) is 53.8 Å². The fourth-order valence-corrected chi connectivity index (χ4v) is 3.05. The first-order valence-electron chi connectivity index (χ1n) is 7.43.